The van der Waals surface area contributed by atoms with Crippen LogP contribution in [0.1, 0.15) is 17.7 Å². The molecule has 0 amide bonds. The molecule has 0 saturated carbocycles. The van der Waals surface area contributed by atoms with Crippen molar-refractivity contribution in [3.05, 3.63) is 58.0 Å². The smallest absolute Gasteiger partial charge is 0.274 e. The Hall–Kier alpha value is -2.40. The lowest BCUT2D eigenvalue weighted by Gasteiger charge is -2.09. The number of hydrogen-bond donors (Lipinski definition) is 1. The molecule has 0 unspecified atom stereocenters. The molecule has 5 heteroatoms. The van der Waals surface area contributed by atoms with Gasteiger partial charge in [0, 0.05) is 30.4 Å². The van der Waals surface area contributed by atoms with Gasteiger partial charge in [-0.3, -0.25) is 4.79 Å². The number of rotatable bonds is 4. The molecule has 0 bridgehead atoms. The van der Waals surface area contributed by atoms with Crippen LogP contribution in [0.4, 0.5) is 0 Å². The van der Waals surface area contributed by atoms with Crippen molar-refractivity contribution < 1.29 is 0 Å². The Morgan fingerprint density at radius 3 is 2.73 bits per heavy atom. The molecule has 0 radical (unpaired) electrons. The summed E-state index contributed by atoms with van der Waals surface area (Å²) in [4.78, 5) is 12.3. The highest BCUT2D eigenvalue weighted by atomic mass is 16.1. The van der Waals surface area contributed by atoms with Crippen LogP contribution in [0.15, 0.2) is 41.2 Å². The summed E-state index contributed by atoms with van der Waals surface area (Å²) in [5.41, 5.74) is 10.3. The van der Waals surface area contributed by atoms with Crippen LogP contribution >= 0.6 is 0 Å². The van der Waals surface area contributed by atoms with Crippen LogP contribution in [0, 0.1) is 6.92 Å². The summed E-state index contributed by atoms with van der Waals surface area (Å²) in [6, 6.07) is 11.7. The zero-order chi connectivity index (χ0) is 15.7. The second-order valence-corrected chi connectivity index (χ2v) is 5.54. The molecule has 22 heavy (non-hydrogen) atoms. The molecular weight excluding hydrogens is 276 g/mol. The predicted molar refractivity (Wildman–Crippen MR) is 88.0 cm³/mol. The lowest BCUT2D eigenvalue weighted by molar-refractivity contribution is 0.725. The molecule has 114 valence electrons. The third kappa shape index (κ3) is 2.44. The molecule has 0 aliphatic carbocycles. The van der Waals surface area contributed by atoms with Gasteiger partial charge < -0.3 is 10.3 Å². The Labute approximate surface area is 129 Å². The first kappa shape index (κ1) is 14.5. The second-order valence-electron chi connectivity index (χ2n) is 5.54. The fourth-order valence-corrected chi connectivity index (χ4v) is 2.73. The number of fused-ring (bicyclic) bond motifs is 1. The summed E-state index contributed by atoms with van der Waals surface area (Å²) in [6.07, 6.45) is 1.66. The van der Waals surface area contributed by atoms with E-state index in [1.807, 2.05) is 48.9 Å². The van der Waals surface area contributed by atoms with E-state index >= 15 is 0 Å². The molecular formula is C17H20N4O. The van der Waals surface area contributed by atoms with E-state index in [1.165, 1.54) is 4.52 Å². The lowest BCUT2D eigenvalue weighted by atomic mass is 10.1. The Kier molecular flexibility index (Phi) is 3.81. The highest BCUT2D eigenvalue weighted by Gasteiger charge is 2.12. The van der Waals surface area contributed by atoms with Crippen molar-refractivity contribution in [2.45, 2.75) is 19.8 Å². The summed E-state index contributed by atoms with van der Waals surface area (Å²) in [6.45, 7) is 2.66. The zero-order valence-corrected chi connectivity index (χ0v) is 12.9. The predicted octanol–water partition coefficient (Wildman–Crippen LogP) is 1.90. The lowest BCUT2D eigenvalue weighted by Crippen LogP contribution is -2.20. The summed E-state index contributed by atoms with van der Waals surface area (Å²) in [7, 11) is 1.96. The van der Waals surface area contributed by atoms with Gasteiger partial charge in [-0.05, 0) is 31.9 Å². The fraction of sp³-hybridized carbons (Fsp3) is 0.294. The molecule has 0 spiro atoms. The average Bonchev–Trinajstić information content (AvgIpc) is 2.96. The van der Waals surface area contributed by atoms with E-state index < -0.39 is 0 Å². The van der Waals surface area contributed by atoms with E-state index in [9.17, 15) is 4.79 Å². The van der Waals surface area contributed by atoms with Gasteiger partial charge in [0.15, 0.2) is 0 Å². The number of hydrogen-bond acceptors (Lipinski definition) is 3. The first-order valence-corrected chi connectivity index (χ1v) is 7.46. The Morgan fingerprint density at radius 1 is 1.23 bits per heavy atom. The van der Waals surface area contributed by atoms with Crippen LogP contribution < -0.4 is 11.3 Å². The third-order valence-corrected chi connectivity index (χ3v) is 4.02. The van der Waals surface area contributed by atoms with E-state index in [0.717, 1.165) is 41.0 Å². The maximum Gasteiger partial charge on any atom is 0.274 e. The van der Waals surface area contributed by atoms with E-state index in [0.29, 0.717) is 6.54 Å². The van der Waals surface area contributed by atoms with Crippen LogP contribution in [0.5, 0.6) is 0 Å². The maximum atomic E-state index is 12.3. The monoisotopic (exact) mass is 296 g/mol. The molecule has 2 N–H and O–H groups in total. The highest BCUT2D eigenvalue weighted by Crippen LogP contribution is 2.22. The van der Waals surface area contributed by atoms with E-state index in [1.54, 1.807) is 6.07 Å². The van der Waals surface area contributed by atoms with Crippen molar-refractivity contribution in [3.8, 4) is 11.3 Å². The van der Waals surface area contributed by atoms with Crippen LogP contribution in [0.25, 0.3) is 16.9 Å². The molecule has 2 aromatic heterocycles. The van der Waals surface area contributed by atoms with Gasteiger partial charge in [0.1, 0.15) is 5.65 Å². The number of aromatic nitrogens is 3. The molecule has 1 aromatic carbocycles. The number of aryl methyl sites for hydroxylation is 3. The summed E-state index contributed by atoms with van der Waals surface area (Å²) < 4.78 is 3.49. The molecule has 2 heterocycles. The van der Waals surface area contributed by atoms with Crippen LogP contribution in [-0.2, 0) is 13.5 Å². The normalized spacial score (nSPS) is 11.2. The van der Waals surface area contributed by atoms with Gasteiger partial charge in [0.2, 0.25) is 0 Å². The van der Waals surface area contributed by atoms with Gasteiger partial charge in [-0.15, -0.1) is 0 Å². The standard InChI is InChI=1S/C17H20N4O/c1-12-6-3-4-8-14(12)15-11-16-20(2)13(7-5-9-18)10-17(22)21(16)19-15/h3-4,6,8,10-11H,5,7,9,18H2,1-2H3. The first-order valence-electron chi connectivity index (χ1n) is 7.46. The average molecular weight is 296 g/mol. The number of benzene rings is 1. The van der Waals surface area contributed by atoms with Crippen molar-refractivity contribution in [1.82, 2.24) is 14.2 Å². The Balaban J connectivity index is 2.18. The highest BCUT2D eigenvalue weighted by molar-refractivity contribution is 5.67. The number of nitrogens with two attached hydrogens (primary N) is 1. The van der Waals surface area contributed by atoms with Gasteiger partial charge in [-0.1, -0.05) is 24.3 Å². The van der Waals surface area contributed by atoms with Gasteiger partial charge in [0.05, 0.1) is 5.69 Å². The molecule has 0 aliphatic heterocycles. The Morgan fingerprint density at radius 2 is 2.00 bits per heavy atom. The molecule has 3 aromatic rings. The van der Waals surface area contributed by atoms with Crippen molar-refractivity contribution >= 4 is 5.65 Å². The topological polar surface area (TPSA) is 65.3 Å². The SMILES string of the molecule is Cc1ccccc1-c1cc2n(C)c(CCCN)cc(=O)n2n1. The first-order chi connectivity index (χ1) is 10.6. The van der Waals surface area contributed by atoms with Gasteiger partial charge in [-0.25, -0.2) is 0 Å². The minimum absolute atomic E-state index is 0.0973. The third-order valence-electron chi connectivity index (χ3n) is 4.02. The van der Waals surface area contributed by atoms with E-state index in [-0.39, 0.29) is 5.56 Å². The summed E-state index contributed by atoms with van der Waals surface area (Å²) in [5.74, 6) is 0. The van der Waals surface area contributed by atoms with Crippen molar-refractivity contribution in [2.75, 3.05) is 6.54 Å². The molecule has 3 rings (SSSR count). The second kappa shape index (κ2) is 5.77. The Bertz CT molecular complexity index is 876. The molecule has 0 saturated heterocycles. The maximum absolute atomic E-state index is 12.3. The van der Waals surface area contributed by atoms with Crippen LogP contribution in [-0.4, -0.2) is 20.7 Å². The molecule has 5 nitrogen and oxygen atoms in total. The molecule has 0 atom stereocenters. The van der Waals surface area contributed by atoms with Crippen LogP contribution in [0.2, 0.25) is 0 Å². The van der Waals surface area contributed by atoms with Gasteiger partial charge >= 0.3 is 0 Å². The van der Waals surface area contributed by atoms with E-state index in [4.69, 9.17) is 5.73 Å². The van der Waals surface area contributed by atoms with Crippen LogP contribution in [0.3, 0.4) is 0 Å². The van der Waals surface area contributed by atoms with Crippen molar-refractivity contribution in [3.63, 3.8) is 0 Å². The molecule has 0 fully saturated rings. The largest absolute Gasteiger partial charge is 0.333 e. The zero-order valence-electron chi connectivity index (χ0n) is 12.9. The summed E-state index contributed by atoms with van der Waals surface area (Å²) >= 11 is 0. The van der Waals surface area contributed by atoms with Gasteiger partial charge in [0.25, 0.3) is 5.56 Å². The minimum Gasteiger partial charge on any atom is -0.333 e. The minimum atomic E-state index is -0.0973. The van der Waals surface area contributed by atoms with Crippen molar-refractivity contribution in [1.29, 1.82) is 0 Å². The summed E-state index contributed by atoms with van der Waals surface area (Å²) in [5, 5.41) is 4.48. The molecule has 0 aliphatic rings. The number of nitrogens with zero attached hydrogens (tertiary/aromatic N) is 3. The van der Waals surface area contributed by atoms with Crippen molar-refractivity contribution in [2.24, 2.45) is 12.8 Å². The van der Waals surface area contributed by atoms with E-state index in [2.05, 4.69) is 5.10 Å². The van der Waals surface area contributed by atoms with Gasteiger partial charge in [-0.2, -0.15) is 9.61 Å². The fourth-order valence-electron chi connectivity index (χ4n) is 2.73. The quantitative estimate of drug-likeness (QED) is 0.799.